The topological polar surface area (TPSA) is 49.4 Å². The van der Waals surface area contributed by atoms with Crippen molar-refractivity contribution in [3.8, 4) is 0 Å². The number of carbonyl (C=O) groups excluding carboxylic acids is 2. The first-order valence-electron chi connectivity index (χ1n) is 7.94. The molecule has 0 fully saturated rings. The van der Waals surface area contributed by atoms with Gasteiger partial charge >= 0.3 is 6.18 Å². The molecular formula is C19H19F3N2O2. The van der Waals surface area contributed by atoms with Crippen molar-refractivity contribution >= 4 is 17.5 Å². The highest BCUT2D eigenvalue weighted by molar-refractivity contribution is 5.94. The predicted molar refractivity (Wildman–Crippen MR) is 92.3 cm³/mol. The van der Waals surface area contributed by atoms with Crippen LogP contribution in [0.1, 0.15) is 23.6 Å². The van der Waals surface area contributed by atoms with E-state index in [2.05, 4.69) is 5.32 Å². The first-order valence-corrected chi connectivity index (χ1v) is 7.94. The molecule has 0 atom stereocenters. The maximum Gasteiger partial charge on any atom is 0.416 e. The molecule has 0 radical (unpaired) electrons. The minimum atomic E-state index is -4.49. The van der Waals surface area contributed by atoms with Crippen LogP contribution >= 0.6 is 0 Å². The third kappa shape index (κ3) is 5.34. The summed E-state index contributed by atoms with van der Waals surface area (Å²) in [5.41, 5.74) is 1.06. The smallest absolute Gasteiger partial charge is 0.329 e. The first-order chi connectivity index (χ1) is 12.2. The molecule has 0 aliphatic carbocycles. The van der Waals surface area contributed by atoms with Gasteiger partial charge in [0.05, 0.1) is 5.56 Å². The number of benzene rings is 2. The number of alkyl halides is 3. The second kappa shape index (κ2) is 8.03. The summed E-state index contributed by atoms with van der Waals surface area (Å²) in [7, 11) is 0. The molecule has 2 rings (SSSR count). The molecule has 4 nitrogen and oxygen atoms in total. The van der Waals surface area contributed by atoms with Crippen molar-refractivity contribution in [3.63, 3.8) is 0 Å². The summed E-state index contributed by atoms with van der Waals surface area (Å²) >= 11 is 0. The third-order valence-corrected chi connectivity index (χ3v) is 3.88. The fraction of sp³-hybridized carbons (Fsp3) is 0.263. The van der Waals surface area contributed by atoms with E-state index in [0.29, 0.717) is 0 Å². The number of carbonyl (C=O) groups is 2. The van der Waals surface area contributed by atoms with Crippen molar-refractivity contribution in [3.05, 3.63) is 65.2 Å². The molecule has 0 unspecified atom stereocenters. The Bertz CT molecular complexity index is 803. The van der Waals surface area contributed by atoms with Gasteiger partial charge in [0.25, 0.3) is 0 Å². The highest BCUT2D eigenvalue weighted by Crippen LogP contribution is 2.30. The monoisotopic (exact) mass is 364 g/mol. The van der Waals surface area contributed by atoms with Crippen molar-refractivity contribution < 1.29 is 22.8 Å². The number of anilines is 1. The molecule has 26 heavy (non-hydrogen) atoms. The van der Waals surface area contributed by atoms with E-state index in [9.17, 15) is 22.8 Å². The van der Waals surface area contributed by atoms with Gasteiger partial charge in [0.1, 0.15) is 6.54 Å². The average Bonchev–Trinajstić information content (AvgIpc) is 2.55. The molecule has 0 aliphatic rings. The van der Waals surface area contributed by atoms with E-state index >= 15 is 0 Å². The highest BCUT2D eigenvalue weighted by Gasteiger charge is 2.30. The van der Waals surface area contributed by atoms with Gasteiger partial charge in [-0.25, -0.2) is 0 Å². The Kier molecular flexibility index (Phi) is 6.02. The van der Waals surface area contributed by atoms with Crippen LogP contribution in [0, 0.1) is 6.92 Å². The number of hydrogen-bond donors (Lipinski definition) is 1. The molecule has 1 N–H and O–H groups in total. The van der Waals surface area contributed by atoms with Crippen LogP contribution in [0.4, 0.5) is 18.9 Å². The van der Waals surface area contributed by atoms with Gasteiger partial charge in [-0.15, -0.1) is 0 Å². The Balaban J connectivity index is 2.07. The molecule has 0 aliphatic heterocycles. The maximum absolute atomic E-state index is 12.7. The average molecular weight is 364 g/mol. The van der Waals surface area contributed by atoms with Crippen LogP contribution in [-0.4, -0.2) is 23.3 Å². The minimum absolute atomic E-state index is 0.0317. The number of aryl methyl sites for hydroxylation is 1. The molecule has 0 saturated heterocycles. The second-order valence-corrected chi connectivity index (χ2v) is 5.93. The molecule has 0 spiro atoms. The van der Waals surface area contributed by atoms with Crippen molar-refractivity contribution in [2.24, 2.45) is 0 Å². The summed E-state index contributed by atoms with van der Waals surface area (Å²) < 4.78 is 38.2. The van der Waals surface area contributed by atoms with Crippen LogP contribution < -0.4 is 5.32 Å². The number of hydrogen-bond acceptors (Lipinski definition) is 2. The van der Waals surface area contributed by atoms with Gasteiger partial charge in [0, 0.05) is 19.2 Å². The zero-order valence-electron chi connectivity index (χ0n) is 14.4. The molecule has 0 heterocycles. The third-order valence-electron chi connectivity index (χ3n) is 3.88. The van der Waals surface area contributed by atoms with Gasteiger partial charge in [-0.3, -0.25) is 9.59 Å². The van der Waals surface area contributed by atoms with Crippen molar-refractivity contribution in [1.82, 2.24) is 4.90 Å². The summed E-state index contributed by atoms with van der Waals surface area (Å²) in [4.78, 5) is 25.3. The number of amides is 2. The lowest BCUT2D eigenvalue weighted by Crippen LogP contribution is -2.36. The predicted octanol–water partition coefficient (Wildman–Crippen LogP) is 4.00. The molecule has 0 saturated carbocycles. The second-order valence-electron chi connectivity index (χ2n) is 5.93. The lowest BCUT2D eigenvalue weighted by atomic mass is 10.1. The summed E-state index contributed by atoms with van der Waals surface area (Å²) in [6.45, 7) is 3.24. The first kappa shape index (κ1) is 19.5. The molecule has 138 valence electrons. The van der Waals surface area contributed by atoms with Gasteiger partial charge < -0.3 is 10.2 Å². The Morgan fingerprint density at radius 3 is 2.38 bits per heavy atom. The Morgan fingerprint density at radius 2 is 1.77 bits per heavy atom. The van der Waals surface area contributed by atoms with E-state index < -0.39 is 17.6 Å². The Labute approximate surface area is 149 Å². The summed E-state index contributed by atoms with van der Waals surface area (Å²) in [5.74, 6) is -0.861. The Morgan fingerprint density at radius 1 is 1.08 bits per heavy atom. The van der Waals surface area contributed by atoms with E-state index in [1.54, 1.807) is 0 Å². The molecule has 0 bridgehead atoms. The molecule has 2 aromatic rings. The fourth-order valence-electron chi connectivity index (χ4n) is 2.42. The van der Waals surface area contributed by atoms with E-state index in [4.69, 9.17) is 0 Å². The normalized spacial score (nSPS) is 11.1. The zero-order valence-corrected chi connectivity index (χ0v) is 14.4. The fourth-order valence-corrected chi connectivity index (χ4v) is 2.42. The molecule has 7 heteroatoms. The van der Waals surface area contributed by atoms with Crippen LogP contribution in [0.25, 0.3) is 0 Å². The van der Waals surface area contributed by atoms with Gasteiger partial charge in [-0.05, 0) is 36.2 Å². The van der Waals surface area contributed by atoms with Gasteiger partial charge in [0.15, 0.2) is 0 Å². The molecule has 2 aromatic carbocycles. The van der Waals surface area contributed by atoms with Crippen LogP contribution in [0.15, 0.2) is 48.5 Å². The number of nitrogens with zero attached hydrogens (tertiary/aromatic N) is 1. The van der Waals surface area contributed by atoms with E-state index in [1.165, 1.54) is 24.0 Å². The van der Waals surface area contributed by atoms with E-state index in [-0.39, 0.29) is 24.7 Å². The molecular weight excluding hydrogens is 345 g/mol. The standard InChI is InChI=1S/C19H19F3N2O2/c1-13-6-3-4-7-15(13)11-24(14(2)25)12-18(26)23-17-9-5-8-16(10-17)19(20,21)22/h3-10H,11-12H2,1-2H3,(H,23,26). The molecule has 2 amide bonds. The summed E-state index contributed by atoms with van der Waals surface area (Å²) in [6, 6.07) is 11.8. The maximum atomic E-state index is 12.7. The van der Waals surface area contributed by atoms with Crippen LogP contribution in [0.3, 0.4) is 0 Å². The number of rotatable bonds is 5. The zero-order chi connectivity index (χ0) is 19.3. The van der Waals surface area contributed by atoms with Crippen molar-refractivity contribution in [2.45, 2.75) is 26.6 Å². The lowest BCUT2D eigenvalue weighted by Gasteiger charge is -2.21. The van der Waals surface area contributed by atoms with E-state index in [0.717, 1.165) is 23.3 Å². The van der Waals surface area contributed by atoms with Crippen LogP contribution in [0.5, 0.6) is 0 Å². The van der Waals surface area contributed by atoms with Crippen molar-refractivity contribution in [1.29, 1.82) is 0 Å². The largest absolute Gasteiger partial charge is 0.416 e. The van der Waals surface area contributed by atoms with Crippen molar-refractivity contribution in [2.75, 3.05) is 11.9 Å². The SMILES string of the molecule is CC(=O)N(CC(=O)Nc1cccc(C(F)(F)F)c1)Cc1ccccc1C. The van der Waals surface area contributed by atoms with Gasteiger partial charge in [-0.1, -0.05) is 30.3 Å². The number of halogens is 3. The highest BCUT2D eigenvalue weighted by atomic mass is 19.4. The quantitative estimate of drug-likeness (QED) is 0.872. The summed E-state index contributed by atoms with van der Waals surface area (Å²) in [6.07, 6.45) is -4.49. The van der Waals surface area contributed by atoms with Crippen LogP contribution in [0.2, 0.25) is 0 Å². The minimum Gasteiger partial charge on any atom is -0.329 e. The lowest BCUT2D eigenvalue weighted by molar-refractivity contribution is -0.137. The van der Waals surface area contributed by atoms with Crippen LogP contribution in [-0.2, 0) is 22.3 Å². The number of nitrogens with one attached hydrogen (secondary N) is 1. The summed E-state index contributed by atoms with van der Waals surface area (Å²) in [5, 5.41) is 2.41. The van der Waals surface area contributed by atoms with E-state index in [1.807, 2.05) is 31.2 Å². The molecule has 0 aromatic heterocycles. The van der Waals surface area contributed by atoms with Gasteiger partial charge in [0.2, 0.25) is 11.8 Å². The van der Waals surface area contributed by atoms with Gasteiger partial charge in [-0.2, -0.15) is 13.2 Å². The Hall–Kier alpha value is -2.83.